The highest BCUT2D eigenvalue weighted by atomic mass is 32.2. The van der Waals surface area contributed by atoms with Crippen molar-refractivity contribution in [2.45, 2.75) is 12.0 Å². The molecule has 1 aromatic rings. The lowest BCUT2D eigenvalue weighted by Crippen LogP contribution is -2.03. The molecule has 0 radical (unpaired) electrons. The van der Waals surface area contributed by atoms with Crippen LogP contribution in [-0.4, -0.2) is 25.5 Å². The van der Waals surface area contributed by atoms with Gasteiger partial charge < -0.3 is 9.15 Å². The summed E-state index contributed by atoms with van der Waals surface area (Å²) >= 11 is 0. The first-order valence-electron chi connectivity index (χ1n) is 3.68. The van der Waals surface area contributed by atoms with E-state index in [9.17, 15) is 13.2 Å². The molecule has 0 saturated heterocycles. The third kappa shape index (κ3) is 2.33. The molecule has 1 rings (SSSR count). The van der Waals surface area contributed by atoms with E-state index in [0.717, 1.165) is 12.3 Å². The predicted octanol–water partition coefficient (Wildman–Crippen LogP) is 0.703. The minimum Gasteiger partial charge on any atom is -0.462 e. The SMILES string of the molecule is CCOC(=O)c1coc(S(=O)(=O)O)c1. The van der Waals surface area contributed by atoms with Gasteiger partial charge in [0.1, 0.15) is 6.26 Å². The normalized spacial score (nSPS) is 11.3. The van der Waals surface area contributed by atoms with E-state index in [1.807, 2.05) is 0 Å². The average Bonchev–Trinajstić information content (AvgIpc) is 2.51. The van der Waals surface area contributed by atoms with Crippen LogP contribution in [0.4, 0.5) is 0 Å². The van der Waals surface area contributed by atoms with Gasteiger partial charge in [0.25, 0.3) is 0 Å². The second-order valence-corrected chi connectivity index (χ2v) is 3.70. The third-order valence-corrected chi connectivity index (χ3v) is 2.06. The minimum absolute atomic E-state index is 0.0560. The molecule has 78 valence electrons. The molecule has 0 bridgehead atoms. The molecule has 1 aromatic heterocycles. The van der Waals surface area contributed by atoms with Gasteiger partial charge in [-0.1, -0.05) is 0 Å². The van der Waals surface area contributed by atoms with Crippen LogP contribution in [-0.2, 0) is 14.9 Å². The molecule has 1 heterocycles. The predicted molar refractivity (Wildman–Crippen MR) is 44.5 cm³/mol. The zero-order valence-electron chi connectivity index (χ0n) is 7.26. The molecule has 0 unspecified atom stereocenters. The minimum atomic E-state index is -4.40. The lowest BCUT2D eigenvalue weighted by Gasteiger charge is -1.95. The molecular weight excluding hydrogens is 212 g/mol. The van der Waals surface area contributed by atoms with Crippen LogP contribution in [0.3, 0.4) is 0 Å². The van der Waals surface area contributed by atoms with Gasteiger partial charge >= 0.3 is 16.1 Å². The number of hydrogen-bond donors (Lipinski definition) is 1. The molecular formula is C7H8O6S. The van der Waals surface area contributed by atoms with E-state index < -0.39 is 21.2 Å². The highest BCUT2D eigenvalue weighted by molar-refractivity contribution is 7.85. The van der Waals surface area contributed by atoms with Crippen LogP contribution in [0.1, 0.15) is 17.3 Å². The zero-order chi connectivity index (χ0) is 10.8. The number of hydrogen-bond acceptors (Lipinski definition) is 5. The summed E-state index contributed by atoms with van der Waals surface area (Å²) in [6.45, 7) is 1.78. The standard InChI is InChI=1S/C7H8O6S/c1-2-12-7(8)5-3-6(13-4-5)14(9,10)11/h3-4H,2H2,1H3,(H,9,10,11). The smallest absolute Gasteiger partial charge is 0.341 e. The van der Waals surface area contributed by atoms with Gasteiger partial charge in [0.15, 0.2) is 0 Å². The van der Waals surface area contributed by atoms with Crippen molar-refractivity contribution in [2.75, 3.05) is 6.61 Å². The Bertz CT molecular complexity index is 429. The van der Waals surface area contributed by atoms with Gasteiger partial charge in [-0.2, -0.15) is 8.42 Å². The average molecular weight is 220 g/mol. The summed E-state index contributed by atoms with van der Waals surface area (Å²) in [7, 11) is -4.40. The third-order valence-electron chi connectivity index (χ3n) is 1.34. The number of esters is 1. The van der Waals surface area contributed by atoms with Crippen molar-refractivity contribution >= 4 is 16.1 Å². The molecule has 0 fully saturated rings. The van der Waals surface area contributed by atoms with Crippen molar-refractivity contribution in [3.63, 3.8) is 0 Å². The molecule has 0 spiro atoms. The van der Waals surface area contributed by atoms with Gasteiger partial charge in [0, 0.05) is 6.07 Å². The molecule has 14 heavy (non-hydrogen) atoms. The Labute approximate surface area is 80.2 Å². The number of carbonyl (C=O) groups excluding carboxylic acids is 1. The molecule has 0 aliphatic heterocycles. The maximum Gasteiger partial charge on any atom is 0.341 e. The van der Waals surface area contributed by atoms with Gasteiger partial charge in [0.05, 0.1) is 12.2 Å². The van der Waals surface area contributed by atoms with Crippen LogP contribution in [0, 0.1) is 0 Å². The summed E-state index contributed by atoms with van der Waals surface area (Å²) in [5, 5.41) is -0.680. The number of furan rings is 1. The molecule has 7 heteroatoms. The van der Waals surface area contributed by atoms with E-state index in [1.54, 1.807) is 6.92 Å². The van der Waals surface area contributed by atoms with E-state index in [1.165, 1.54) is 0 Å². The van der Waals surface area contributed by atoms with Crippen molar-refractivity contribution in [1.29, 1.82) is 0 Å². The van der Waals surface area contributed by atoms with Gasteiger partial charge in [-0.05, 0) is 6.92 Å². The quantitative estimate of drug-likeness (QED) is 0.595. The fraction of sp³-hybridized carbons (Fsp3) is 0.286. The topological polar surface area (TPSA) is 93.8 Å². The van der Waals surface area contributed by atoms with Crippen molar-refractivity contribution in [2.24, 2.45) is 0 Å². The van der Waals surface area contributed by atoms with E-state index >= 15 is 0 Å². The Hall–Kier alpha value is -1.34. The summed E-state index contributed by atoms with van der Waals surface area (Å²) < 4.78 is 38.6. The largest absolute Gasteiger partial charge is 0.462 e. The van der Waals surface area contributed by atoms with Crippen molar-refractivity contribution in [1.82, 2.24) is 0 Å². The van der Waals surface area contributed by atoms with Crippen molar-refractivity contribution in [3.8, 4) is 0 Å². The molecule has 0 aliphatic rings. The first-order chi connectivity index (χ1) is 6.45. The second-order valence-electron chi connectivity index (χ2n) is 2.35. The maximum atomic E-state index is 11.0. The lowest BCUT2D eigenvalue weighted by molar-refractivity contribution is 0.0525. The van der Waals surface area contributed by atoms with E-state index in [4.69, 9.17) is 4.55 Å². The molecule has 0 atom stereocenters. The van der Waals surface area contributed by atoms with Crippen LogP contribution < -0.4 is 0 Å². The first kappa shape index (κ1) is 10.7. The van der Waals surface area contributed by atoms with Crippen LogP contribution >= 0.6 is 0 Å². The van der Waals surface area contributed by atoms with Gasteiger partial charge in [0.2, 0.25) is 5.09 Å². The second kappa shape index (κ2) is 3.81. The van der Waals surface area contributed by atoms with E-state index in [2.05, 4.69) is 9.15 Å². The Morgan fingerprint density at radius 2 is 2.29 bits per heavy atom. The summed E-state index contributed by atoms with van der Waals surface area (Å²) in [6, 6.07) is 0.896. The van der Waals surface area contributed by atoms with Crippen LogP contribution in [0.5, 0.6) is 0 Å². The fourth-order valence-electron chi connectivity index (χ4n) is 0.773. The zero-order valence-corrected chi connectivity index (χ0v) is 8.08. The van der Waals surface area contributed by atoms with Gasteiger partial charge in [-0.15, -0.1) is 0 Å². The summed E-state index contributed by atoms with van der Waals surface area (Å²) in [5.41, 5.74) is -0.0560. The maximum absolute atomic E-state index is 11.0. The first-order valence-corrected chi connectivity index (χ1v) is 5.12. The molecule has 1 N–H and O–H groups in total. The highest BCUT2D eigenvalue weighted by Gasteiger charge is 2.18. The Morgan fingerprint density at radius 3 is 2.71 bits per heavy atom. The van der Waals surface area contributed by atoms with Crippen LogP contribution in [0.25, 0.3) is 0 Å². The molecule has 0 aliphatic carbocycles. The summed E-state index contributed by atoms with van der Waals surface area (Å²) in [6.07, 6.45) is 0.904. The number of carbonyl (C=O) groups is 1. The van der Waals surface area contributed by atoms with E-state index in [-0.39, 0.29) is 12.2 Å². The monoisotopic (exact) mass is 220 g/mol. The van der Waals surface area contributed by atoms with Crippen LogP contribution in [0.15, 0.2) is 21.8 Å². The summed E-state index contributed by atoms with van der Waals surface area (Å²) in [5.74, 6) is -0.703. The Balaban J connectivity index is 2.94. The Kier molecular flexibility index (Phi) is 2.92. The lowest BCUT2D eigenvalue weighted by atomic mass is 10.3. The molecule has 6 nitrogen and oxygen atoms in total. The number of rotatable bonds is 3. The van der Waals surface area contributed by atoms with Crippen molar-refractivity contribution < 1.29 is 26.9 Å². The van der Waals surface area contributed by atoms with E-state index in [0.29, 0.717) is 0 Å². The number of ether oxygens (including phenoxy) is 1. The highest BCUT2D eigenvalue weighted by Crippen LogP contribution is 2.13. The van der Waals surface area contributed by atoms with Gasteiger partial charge in [-0.25, -0.2) is 4.79 Å². The summed E-state index contributed by atoms with van der Waals surface area (Å²) in [4.78, 5) is 11.0. The molecule has 0 aromatic carbocycles. The molecule has 0 saturated carbocycles. The molecule has 0 amide bonds. The van der Waals surface area contributed by atoms with Crippen LogP contribution in [0.2, 0.25) is 0 Å². The fourth-order valence-corrected chi connectivity index (χ4v) is 1.22. The Morgan fingerprint density at radius 1 is 1.64 bits per heavy atom. The van der Waals surface area contributed by atoms with Gasteiger partial charge in [-0.3, -0.25) is 4.55 Å². The van der Waals surface area contributed by atoms with Crippen molar-refractivity contribution in [3.05, 3.63) is 17.9 Å².